The number of rotatable bonds is 4. The number of hydrogen-bond acceptors (Lipinski definition) is 2. The van der Waals surface area contributed by atoms with Gasteiger partial charge in [0, 0.05) is 16.7 Å². The number of ether oxygens (including phenoxy) is 1. The van der Waals surface area contributed by atoms with E-state index in [1.54, 1.807) is 7.11 Å². The smallest absolute Gasteiger partial charge is 0.137 e. The number of benzene rings is 2. The molecule has 0 aliphatic rings. The van der Waals surface area contributed by atoms with Gasteiger partial charge >= 0.3 is 0 Å². The third-order valence-corrected chi connectivity index (χ3v) is 4.14. The van der Waals surface area contributed by atoms with Gasteiger partial charge in [0.05, 0.1) is 17.2 Å². The lowest BCUT2D eigenvalue weighted by atomic mass is 10.2. The molecule has 0 aliphatic carbocycles. The van der Waals surface area contributed by atoms with E-state index < -0.39 is 0 Å². The zero-order valence-corrected chi connectivity index (χ0v) is 13.3. The Morgan fingerprint density at radius 3 is 2.53 bits per heavy atom. The van der Waals surface area contributed by atoms with Crippen LogP contribution in [0.4, 0.5) is 5.69 Å². The highest BCUT2D eigenvalue weighted by molar-refractivity contribution is 9.10. The first-order chi connectivity index (χ1) is 9.10. The van der Waals surface area contributed by atoms with E-state index in [-0.39, 0.29) is 0 Å². The summed E-state index contributed by atoms with van der Waals surface area (Å²) in [4.78, 5) is 0. The van der Waals surface area contributed by atoms with E-state index >= 15 is 0 Å². The van der Waals surface area contributed by atoms with Crippen molar-refractivity contribution in [3.63, 3.8) is 0 Å². The molecule has 0 amide bonds. The molecule has 0 saturated heterocycles. The Morgan fingerprint density at radius 1 is 1.11 bits per heavy atom. The van der Waals surface area contributed by atoms with Crippen LogP contribution in [0.15, 0.2) is 40.9 Å². The molecule has 5 heteroatoms. The van der Waals surface area contributed by atoms with Crippen LogP contribution in [-0.4, -0.2) is 7.11 Å². The van der Waals surface area contributed by atoms with Gasteiger partial charge in [-0.1, -0.05) is 29.3 Å². The maximum Gasteiger partial charge on any atom is 0.137 e. The van der Waals surface area contributed by atoms with E-state index in [0.717, 1.165) is 15.7 Å². The molecule has 0 atom stereocenters. The van der Waals surface area contributed by atoms with Gasteiger partial charge in [-0.2, -0.15) is 0 Å². The Morgan fingerprint density at radius 2 is 1.89 bits per heavy atom. The van der Waals surface area contributed by atoms with Gasteiger partial charge in [-0.15, -0.1) is 0 Å². The summed E-state index contributed by atoms with van der Waals surface area (Å²) < 4.78 is 6.00. The lowest BCUT2D eigenvalue weighted by Crippen LogP contribution is -1.99. The molecule has 2 aromatic rings. The van der Waals surface area contributed by atoms with Crippen LogP contribution < -0.4 is 10.1 Å². The fourth-order valence-electron chi connectivity index (χ4n) is 1.63. The Labute approximate surface area is 130 Å². The van der Waals surface area contributed by atoms with Gasteiger partial charge in [-0.05, 0) is 51.8 Å². The summed E-state index contributed by atoms with van der Waals surface area (Å²) in [6.07, 6.45) is 0. The number of hydrogen-bond donors (Lipinski definition) is 1. The standard InChI is InChI=1S/C14H12BrCl2NO/c1-19-14-5-3-10(7-13(14)17)18-8-9-2-4-12(16)11(15)6-9/h2-7,18H,8H2,1H3. The highest BCUT2D eigenvalue weighted by atomic mass is 79.9. The van der Waals surface area contributed by atoms with Gasteiger partial charge in [-0.25, -0.2) is 0 Å². The average molecular weight is 361 g/mol. The first-order valence-corrected chi connectivity index (χ1v) is 7.16. The van der Waals surface area contributed by atoms with Crippen molar-refractivity contribution in [1.82, 2.24) is 0 Å². The molecular formula is C14H12BrCl2NO. The van der Waals surface area contributed by atoms with Crippen molar-refractivity contribution in [3.8, 4) is 5.75 Å². The minimum Gasteiger partial charge on any atom is -0.495 e. The monoisotopic (exact) mass is 359 g/mol. The van der Waals surface area contributed by atoms with Crippen molar-refractivity contribution >= 4 is 44.8 Å². The topological polar surface area (TPSA) is 21.3 Å². The third kappa shape index (κ3) is 3.78. The molecule has 0 bridgehead atoms. The van der Waals surface area contributed by atoms with Crippen molar-refractivity contribution in [2.75, 3.05) is 12.4 Å². The summed E-state index contributed by atoms with van der Waals surface area (Å²) >= 11 is 15.4. The Hall–Kier alpha value is -0.900. The predicted octanol–water partition coefficient (Wildman–Crippen LogP) is 5.38. The predicted molar refractivity (Wildman–Crippen MR) is 84.5 cm³/mol. The summed E-state index contributed by atoms with van der Waals surface area (Å²) in [5.74, 6) is 0.668. The van der Waals surface area contributed by atoms with Crippen LogP contribution in [0.5, 0.6) is 5.75 Å². The fourth-order valence-corrected chi connectivity index (χ4v) is 2.43. The second-order valence-corrected chi connectivity index (χ2v) is 5.62. The highest BCUT2D eigenvalue weighted by Gasteiger charge is 2.03. The molecule has 0 fully saturated rings. The van der Waals surface area contributed by atoms with Crippen molar-refractivity contribution in [1.29, 1.82) is 0 Å². The van der Waals surface area contributed by atoms with Gasteiger partial charge in [0.15, 0.2) is 0 Å². The van der Waals surface area contributed by atoms with Crippen LogP contribution in [0.2, 0.25) is 10.0 Å². The molecule has 2 rings (SSSR count). The second-order valence-electron chi connectivity index (χ2n) is 3.95. The summed E-state index contributed by atoms with van der Waals surface area (Å²) in [7, 11) is 1.60. The molecule has 2 aromatic carbocycles. The SMILES string of the molecule is COc1ccc(NCc2ccc(Cl)c(Br)c2)cc1Cl. The van der Waals surface area contributed by atoms with Crippen LogP contribution in [0.1, 0.15) is 5.56 Å². The number of halogens is 3. The van der Waals surface area contributed by atoms with Gasteiger partial charge in [0.2, 0.25) is 0 Å². The molecule has 19 heavy (non-hydrogen) atoms. The Bertz CT molecular complexity index is 590. The lowest BCUT2D eigenvalue weighted by molar-refractivity contribution is 0.415. The first kappa shape index (κ1) is 14.5. The molecular weight excluding hydrogens is 349 g/mol. The zero-order valence-electron chi connectivity index (χ0n) is 10.2. The van der Waals surface area contributed by atoms with Gasteiger partial charge in [0.25, 0.3) is 0 Å². The summed E-state index contributed by atoms with van der Waals surface area (Å²) in [6.45, 7) is 0.693. The molecule has 0 saturated carbocycles. The zero-order chi connectivity index (χ0) is 13.8. The van der Waals surface area contributed by atoms with Gasteiger partial charge < -0.3 is 10.1 Å². The Balaban J connectivity index is 2.05. The molecule has 100 valence electrons. The Kier molecular flexibility index (Phi) is 4.97. The normalized spacial score (nSPS) is 10.3. The van der Waals surface area contributed by atoms with Crippen LogP contribution >= 0.6 is 39.1 Å². The molecule has 0 radical (unpaired) electrons. The summed E-state index contributed by atoms with van der Waals surface area (Å²) in [6, 6.07) is 11.4. The summed E-state index contributed by atoms with van der Waals surface area (Å²) in [5.41, 5.74) is 2.07. The van der Waals surface area contributed by atoms with Gasteiger partial charge in [-0.3, -0.25) is 0 Å². The third-order valence-electron chi connectivity index (χ3n) is 2.63. The molecule has 1 N–H and O–H groups in total. The van der Waals surface area contributed by atoms with E-state index in [2.05, 4.69) is 21.2 Å². The maximum absolute atomic E-state index is 6.07. The van der Waals surface area contributed by atoms with Crippen molar-refractivity contribution in [2.24, 2.45) is 0 Å². The molecule has 2 nitrogen and oxygen atoms in total. The van der Waals surface area contributed by atoms with E-state index in [0.29, 0.717) is 22.3 Å². The van der Waals surface area contributed by atoms with E-state index in [4.69, 9.17) is 27.9 Å². The van der Waals surface area contributed by atoms with E-state index in [1.165, 1.54) is 0 Å². The van der Waals surface area contributed by atoms with Crippen molar-refractivity contribution in [2.45, 2.75) is 6.54 Å². The fraction of sp³-hybridized carbons (Fsp3) is 0.143. The van der Waals surface area contributed by atoms with Crippen molar-refractivity contribution in [3.05, 3.63) is 56.5 Å². The van der Waals surface area contributed by atoms with Crippen LogP contribution in [0.25, 0.3) is 0 Å². The lowest BCUT2D eigenvalue weighted by Gasteiger charge is -2.09. The van der Waals surface area contributed by atoms with E-state index in [9.17, 15) is 0 Å². The quantitative estimate of drug-likeness (QED) is 0.790. The maximum atomic E-state index is 6.07. The number of anilines is 1. The van der Waals surface area contributed by atoms with Crippen molar-refractivity contribution < 1.29 is 4.74 Å². The molecule has 0 unspecified atom stereocenters. The minimum absolute atomic E-state index is 0.588. The second kappa shape index (κ2) is 6.51. The van der Waals surface area contributed by atoms with Gasteiger partial charge in [0.1, 0.15) is 5.75 Å². The number of methoxy groups -OCH3 is 1. The first-order valence-electron chi connectivity index (χ1n) is 5.61. The van der Waals surface area contributed by atoms with Crippen LogP contribution in [0, 0.1) is 0 Å². The highest BCUT2D eigenvalue weighted by Crippen LogP contribution is 2.28. The van der Waals surface area contributed by atoms with Crippen LogP contribution in [0.3, 0.4) is 0 Å². The minimum atomic E-state index is 0.588. The van der Waals surface area contributed by atoms with Crippen LogP contribution in [-0.2, 0) is 6.54 Å². The number of nitrogens with one attached hydrogen (secondary N) is 1. The molecule has 0 spiro atoms. The molecule has 0 aliphatic heterocycles. The average Bonchev–Trinajstić information content (AvgIpc) is 2.40. The summed E-state index contributed by atoms with van der Waals surface area (Å²) in [5, 5.41) is 4.59. The van der Waals surface area contributed by atoms with E-state index in [1.807, 2.05) is 36.4 Å². The largest absolute Gasteiger partial charge is 0.495 e. The molecule has 0 aromatic heterocycles. The molecule has 0 heterocycles.